The maximum Gasteiger partial charge on any atom is 0.234 e. The fraction of sp³-hybridized carbons (Fsp3) is 0.909. The summed E-state index contributed by atoms with van der Waals surface area (Å²) in [5.41, 5.74) is 0. The largest absolute Gasteiger partial charge is 0.234 e. The molecule has 13 heavy (non-hydrogen) atoms. The zero-order chi connectivity index (χ0) is 9.94. The molecule has 0 aliphatic rings. The van der Waals surface area contributed by atoms with Crippen LogP contribution in [0.5, 0.6) is 0 Å². The van der Waals surface area contributed by atoms with Crippen molar-refractivity contribution in [2.24, 2.45) is 10.9 Å². The number of aliphatic imine (C=N–C) groups is 1. The van der Waals surface area contributed by atoms with Gasteiger partial charge in [-0.1, -0.05) is 39.5 Å². The average Bonchev–Trinajstić information content (AvgIpc) is 2.17. The molecule has 0 spiro atoms. The van der Waals surface area contributed by atoms with Crippen molar-refractivity contribution in [1.82, 2.24) is 0 Å². The molecule has 2 heteroatoms. The molecule has 0 aromatic heterocycles. The molecule has 0 N–H and O–H groups in total. The number of nitrogens with zero attached hydrogens (tertiary/aromatic N) is 1. The first-order valence-electron chi connectivity index (χ1n) is 5.38. The summed E-state index contributed by atoms with van der Waals surface area (Å²) in [6.45, 7) is 5.07. The van der Waals surface area contributed by atoms with Crippen LogP contribution >= 0.6 is 0 Å². The lowest BCUT2D eigenvalue weighted by Crippen LogP contribution is -2.04. The van der Waals surface area contributed by atoms with Crippen molar-refractivity contribution in [2.45, 2.75) is 52.4 Å². The standard InChI is InChI=1S/C11H21NO/c1-3-5-7-11(8-6-4-2)9-12-10-13/h11H,3-9H2,1-2H3. The van der Waals surface area contributed by atoms with Crippen LogP contribution in [0.3, 0.4) is 0 Å². The van der Waals surface area contributed by atoms with Gasteiger partial charge in [-0.3, -0.25) is 0 Å². The van der Waals surface area contributed by atoms with E-state index in [-0.39, 0.29) is 0 Å². The van der Waals surface area contributed by atoms with E-state index in [1.165, 1.54) is 38.5 Å². The molecule has 2 nitrogen and oxygen atoms in total. The lowest BCUT2D eigenvalue weighted by molar-refractivity contribution is 0.428. The molecule has 0 saturated heterocycles. The van der Waals surface area contributed by atoms with Gasteiger partial charge in [0.15, 0.2) is 0 Å². The van der Waals surface area contributed by atoms with E-state index in [1.54, 1.807) is 6.08 Å². The van der Waals surface area contributed by atoms with Crippen LogP contribution in [0, 0.1) is 5.92 Å². The van der Waals surface area contributed by atoms with Gasteiger partial charge in [0.25, 0.3) is 0 Å². The molecule has 0 radical (unpaired) electrons. The van der Waals surface area contributed by atoms with Crippen LogP contribution in [0.25, 0.3) is 0 Å². The maximum atomic E-state index is 9.97. The Bertz CT molecular complexity index is 142. The topological polar surface area (TPSA) is 29.4 Å². The Morgan fingerprint density at radius 1 is 1.15 bits per heavy atom. The Morgan fingerprint density at radius 3 is 2.08 bits per heavy atom. The van der Waals surface area contributed by atoms with E-state index < -0.39 is 0 Å². The summed E-state index contributed by atoms with van der Waals surface area (Å²) in [6.07, 6.45) is 9.01. The first-order chi connectivity index (χ1) is 6.35. The number of isocyanates is 1. The Labute approximate surface area is 81.4 Å². The van der Waals surface area contributed by atoms with E-state index in [1.807, 2.05) is 0 Å². The van der Waals surface area contributed by atoms with Crippen LogP contribution in [0.15, 0.2) is 4.99 Å². The first-order valence-corrected chi connectivity index (χ1v) is 5.38. The zero-order valence-corrected chi connectivity index (χ0v) is 8.88. The van der Waals surface area contributed by atoms with Crippen molar-refractivity contribution >= 4 is 6.08 Å². The highest BCUT2D eigenvalue weighted by Crippen LogP contribution is 2.16. The van der Waals surface area contributed by atoms with Gasteiger partial charge in [-0.05, 0) is 18.8 Å². The van der Waals surface area contributed by atoms with Crippen LogP contribution in [0.4, 0.5) is 0 Å². The molecule has 0 unspecified atom stereocenters. The number of carbonyl (C=O) groups excluding carboxylic acids is 1. The van der Waals surface area contributed by atoms with Crippen molar-refractivity contribution in [3.63, 3.8) is 0 Å². The Kier molecular flexibility index (Phi) is 9.02. The normalized spacial score (nSPS) is 10.1. The fourth-order valence-corrected chi connectivity index (χ4v) is 1.48. The zero-order valence-electron chi connectivity index (χ0n) is 8.88. The molecule has 0 fully saturated rings. The van der Waals surface area contributed by atoms with E-state index in [4.69, 9.17) is 0 Å². The highest BCUT2D eigenvalue weighted by Gasteiger charge is 2.06. The predicted octanol–water partition coefficient (Wildman–Crippen LogP) is 3.32. The van der Waals surface area contributed by atoms with Gasteiger partial charge in [-0.25, -0.2) is 9.79 Å². The summed E-state index contributed by atoms with van der Waals surface area (Å²) in [7, 11) is 0. The Balaban J connectivity index is 3.65. The highest BCUT2D eigenvalue weighted by atomic mass is 16.1. The molecule has 0 heterocycles. The van der Waals surface area contributed by atoms with E-state index in [0.29, 0.717) is 12.5 Å². The summed E-state index contributed by atoms with van der Waals surface area (Å²) in [4.78, 5) is 13.6. The van der Waals surface area contributed by atoms with Gasteiger partial charge >= 0.3 is 0 Å². The molecular weight excluding hydrogens is 162 g/mol. The van der Waals surface area contributed by atoms with Crippen molar-refractivity contribution in [3.05, 3.63) is 0 Å². The minimum Gasteiger partial charge on any atom is -0.211 e. The van der Waals surface area contributed by atoms with Gasteiger partial charge in [0.1, 0.15) is 0 Å². The van der Waals surface area contributed by atoms with E-state index >= 15 is 0 Å². The van der Waals surface area contributed by atoms with Crippen LogP contribution < -0.4 is 0 Å². The van der Waals surface area contributed by atoms with Gasteiger partial charge < -0.3 is 0 Å². The van der Waals surface area contributed by atoms with Crippen LogP contribution in [0.1, 0.15) is 52.4 Å². The second kappa shape index (κ2) is 9.47. The fourth-order valence-electron chi connectivity index (χ4n) is 1.48. The maximum absolute atomic E-state index is 9.97. The third-order valence-electron chi connectivity index (χ3n) is 2.35. The summed E-state index contributed by atoms with van der Waals surface area (Å²) >= 11 is 0. The molecule has 0 saturated carbocycles. The summed E-state index contributed by atoms with van der Waals surface area (Å²) < 4.78 is 0. The summed E-state index contributed by atoms with van der Waals surface area (Å²) in [5.74, 6) is 0.612. The monoisotopic (exact) mass is 183 g/mol. The molecule has 0 aliphatic carbocycles. The summed E-state index contributed by atoms with van der Waals surface area (Å²) in [6, 6.07) is 0. The van der Waals surface area contributed by atoms with Crippen molar-refractivity contribution in [3.8, 4) is 0 Å². The molecule has 0 aromatic rings. The Hall–Kier alpha value is -0.620. The molecular formula is C11H21NO. The molecule has 0 bridgehead atoms. The van der Waals surface area contributed by atoms with E-state index in [9.17, 15) is 4.79 Å². The Morgan fingerprint density at radius 2 is 1.69 bits per heavy atom. The third-order valence-corrected chi connectivity index (χ3v) is 2.35. The van der Waals surface area contributed by atoms with Crippen molar-refractivity contribution < 1.29 is 4.79 Å². The smallest absolute Gasteiger partial charge is 0.211 e. The SMILES string of the molecule is CCCCC(CCCC)CN=C=O. The second-order valence-corrected chi connectivity index (χ2v) is 3.58. The second-order valence-electron chi connectivity index (χ2n) is 3.58. The lowest BCUT2D eigenvalue weighted by Gasteiger charge is -2.12. The number of hydrogen-bond acceptors (Lipinski definition) is 2. The van der Waals surface area contributed by atoms with Gasteiger partial charge in [-0.2, -0.15) is 0 Å². The highest BCUT2D eigenvalue weighted by molar-refractivity contribution is 5.32. The molecule has 0 atom stereocenters. The van der Waals surface area contributed by atoms with Crippen molar-refractivity contribution in [2.75, 3.05) is 6.54 Å². The average molecular weight is 183 g/mol. The first kappa shape index (κ1) is 12.4. The minimum atomic E-state index is 0.612. The van der Waals surface area contributed by atoms with Gasteiger partial charge in [-0.15, -0.1) is 0 Å². The van der Waals surface area contributed by atoms with Crippen LogP contribution in [-0.2, 0) is 4.79 Å². The van der Waals surface area contributed by atoms with Gasteiger partial charge in [0, 0.05) is 0 Å². The minimum absolute atomic E-state index is 0.612. The quantitative estimate of drug-likeness (QED) is 0.419. The summed E-state index contributed by atoms with van der Waals surface area (Å²) in [5, 5.41) is 0. The molecule has 0 aromatic carbocycles. The number of rotatable bonds is 8. The lowest BCUT2D eigenvalue weighted by atomic mass is 9.96. The van der Waals surface area contributed by atoms with E-state index in [0.717, 1.165) is 0 Å². The third kappa shape index (κ3) is 7.73. The molecule has 0 amide bonds. The molecule has 0 aliphatic heterocycles. The van der Waals surface area contributed by atoms with Gasteiger partial charge in [0.05, 0.1) is 6.54 Å². The molecule has 76 valence electrons. The predicted molar refractivity (Wildman–Crippen MR) is 55.5 cm³/mol. The number of unbranched alkanes of at least 4 members (excludes halogenated alkanes) is 2. The van der Waals surface area contributed by atoms with Crippen LogP contribution in [0.2, 0.25) is 0 Å². The van der Waals surface area contributed by atoms with Crippen LogP contribution in [-0.4, -0.2) is 12.6 Å². The number of hydrogen-bond donors (Lipinski definition) is 0. The van der Waals surface area contributed by atoms with Crippen molar-refractivity contribution in [1.29, 1.82) is 0 Å². The molecule has 0 rings (SSSR count). The van der Waals surface area contributed by atoms with Gasteiger partial charge in [0.2, 0.25) is 6.08 Å². The van der Waals surface area contributed by atoms with E-state index in [2.05, 4.69) is 18.8 Å².